The number of hydrogen-bond acceptors (Lipinski definition) is 5. The molecule has 1 aromatic heterocycles. The fraction of sp³-hybridized carbons (Fsp3) is 0.286. The van der Waals surface area contributed by atoms with Crippen molar-refractivity contribution in [2.24, 2.45) is 0 Å². The van der Waals surface area contributed by atoms with Gasteiger partial charge in [0.1, 0.15) is 5.82 Å². The lowest BCUT2D eigenvalue weighted by Gasteiger charge is -2.36. The van der Waals surface area contributed by atoms with Crippen LogP contribution in [0, 0.1) is 5.82 Å². The van der Waals surface area contributed by atoms with Crippen LogP contribution >= 0.6 is 11.3 Å². The average Bonchev–Trinajstić information content (AvgIpc) is 3.01. The Labute approximate surface area is 120 Å². The quantitative estimate of drug-likeness (QED) is 0.814. The predicted octanol–water partition coefficient (Wildman–Crippen LogP) is 2.42. The van der Waals surface area contributed by atoms with Gasteiger partial charge in [0.2, 0.25) is 0 Å². The second-order valence-corrected chi connectivity index (χ2v) is 5.48. The van der Waals surface area contributed by atoms with Crippen LogP contribution in [-0.4, -0.2) is 37.4 Å². The minimum Gasteiger partial charge on any atom is -0.367 e. The normalized spacial score (nSPS) is 15.4. The van der Waals surface area contributed by atoms with Crippen LogP contribution in [0.5, 0.6) is 0 Å². The zero-order valence-corrected chi connectivity index (χ0v) is 11.6. The number of rotatable bonds is 3. The van der Waals surface area contributed by atoms with Crippen LogP contribution in [0.2, 0.25) is 0 Å². The molecule has 0 atom stereocenters. The molecule has 20 heavy (non-hydrogen) atoms. The second kappa shape index (κ2) is 5.58. The SMILES string of the molecule is O=Cc1cc(F)ccc1N1CCN(c2nccs2)CC1. The number of nitrogens with zero attached hydrogens (tertiary/aromatic N) is 3. The minimum absolute atomic E-state index is 0.378. The van der Waals surface area contributed by atoms with Crippen LogP contribution in [0.15, 0.2) is 29.8 Å². The van der Waals surface area contributed by atoms with Crippen LogP contribution in [0.1, 0.15) is 10.4 Å². The van der Waals surface area contributed by atoms with Crippen molar-refractivity contribution in [3.63, 3.8) is 0 Å². The van der Waals surface area contributed by atoms with Gasteiger partial charge in [-0.25, -0.2) is 9.37 Å². The molecule has 1 fully saturated rings. The summed E-state index contributed by atoms with van der Waals surface area (Å²) in [6.07, 6.45) is 2.52. The molecule has 1 aliphatic rings. The Hall–Kier alpha value is -1.95. The van der Waals surface area contributed by atoms with Gasteiger partial charge in [0.05, 0.1) is 0 Å². The van der Waals surface area contributed by atoms with E-state index in [1.54, 1.807) is 23.6 Å². The van der Waals surface area contributed by atoms with E-state index >= 15 is 0 Å². The lowest BCUT2D eigenvalue weighted by Crippen LogP contribution is -2.46. The maximum Gasteiger partial charge on any atom is 0.185 e. The summed E-state index contributed by atoms with van der Waals surface area (Å²) in [7, 11) is 0. The molecule has 0 unspecified atom stereocenters. The highest BCUT2D eigenvalue weighted by molar-refractivity contribution is 7.13. The van der Waals surface area contributed by atoms with E-state index in [0.29, 0.717) is 11.8 Å². The van der Waals surface area contributed by atoms with Crippen LogP contribution in [-0.2, 0) is 0 Å². The van der Waals surface area contributed by atoms with Gasteiger partial charge in [-0.2, -0.15) is 0 Å². The first-order chi connectivity index (χ1) is 9.78. The third-order valence-electron chi connectivity index (χ3n) is 3.43. The highest BCUT2D eigenvalue weighted by Gasteiger charge is 2.20. The van der Waals surface area contributed by atoms with Crippen LogP contribution in [0.3, 0.4) is 0 Å². The summed E-state index contributed by atoms with van der Waals surface area (Å²) < 4.78 is 13.2. The van der Waals surface area contributed by atoms with Gasteiger partial charge in [-0.1, -0.05) is 0 Å². The molecule has 104 valence electrons. The number of carbonyl (C=O) groups is 1. The number of anilines is 2. The van der Waals surface area contributed by atoms with Gasteiger partial charge < -0.3 is 9.80 Å². The smallest absolute Gasteiger partial charge is 0.185 e. The molecule has 0 bridgehead atoms. The summed E-state index contributed by atoms with van der Waals surface area (Å²) in [5, 5.41) is 2.99. The van der Waals surface area contributed by atoms with Crippen molar-refractivity contribution < 1.29 is 9.18 Å². The maximum atomic E-state index is 13.2. The van der Waals surface area contributed by atoms with Crippen LogP contribution in [0.4, 0.5) is 15.2 Å². The Morgan fingerprint density at radius 1 is 1.20 bits per heavy atom. The fourth-order valence-corrected chi connectivity index (χ4v) is 3.12. The molecule has 1 saturated heterocycles. The second-order valence-electron chi connectivity index (χ2n) is 4.61. The average molecular weight is 291 g/mol. The largest absolute Gasteiger partial charge is 0.367 e. The van der Waals surface area contributed by atoms with Crippen molar-refractivity contribution in [2.45, 2.75) is 0 Å². The molecule has 0 saturated carbocycles. The molecule has 1 aliphatic heterocycles. The number of thiazole rings is 1. The minimum atomic E-state index is -0.378. The van der Waals surface area contributed by atoms with Crippen molar-refractivity contribution >= 4 is 28.4 Å². The third-order valence-corrected chi connectivity index (χ3v) is 4.26. The molecular weight excluding hydrogens is 277 g/mol. The fourth-order valence-electron chi connectivity index (χ4n) is 2.42. The first-order valence-corrected chi connectivity index (χ1v) is 7.30. The molecule has 1 aromatic carbocycles. The summed E-state index contributed by atoms with van der Waals surface area (Å²) in [6.45, 7) is 3.30. The molecule has 0 amide bonds. The Morgan fingerprint density at radius 2 is 1.95 bits per heavy atom. The van der Waals surface area contributed by atoms with E-state index in [4.69, 9.17) is 0 Å². The van der Waals surface area contributed by atoms with E-state index in [2.05, 4.69) is 14.8 Å². The van der Waals surface area contributed by atoms with Gasteiger partial charge in [0.15, 0.2) is 11.4 Å². The summed E-state index contributed by atoms with van der Waals surface area (Å²) >= 11 is 1.63. The van der Waals surface area contributed by atoms with Gasteiger partial charge in [0.25, 0.3) is 0 Å². The molecule has 6 heteroatoms. The van der Waals surface area contributed by atoms with E-state index in [1.165, 1.54) is 12.1 Å². The monoisotopic (exact) mass is 291 g/mol. The summed E-state index contributed by atoms with van der Waals surface area (Å²) in [6, 6.07) is 4.36. The van der Waals surface area contributed by atoms with Gasteiger partial charge in [-0.3, -0.25) is 4.79 Å². The van der Waals surface area contributed by atoms with Crippen molar-refractivity contribution in [1.82, 2.24) is 4.98 Å². The zero-order chi connectivity index (χ0) is 13.9. The zero-order valence-electron chi connectivity index (χ0n) is 10.8. The Balaban J connectivity index is 1.73. The summed E-state index contributed by atoms with van der Waals surface area (Å²) in [5.41, 5.74) is 1.22. The molecular formula is C14H14FN3OS. The lowest BCUT2D eigenvalue weighted by molar-refractivity contribution is 0.112. The number of carbonyl (C=O) groups excluding carboxylic acids is 1. The molecule has 0 spiro atoms. The highest BCUT2D eigenvalue weighted by Crippen LogP contribution is 2.24. The lowest BCUT2D eigenvalue weighted by atomic mass is 10.1. The standard InChI is InChI=1S/C14H14FN3OS/c15-12-1-2-13(11(9-12)10-19)17-4-6-18(7-5-17)14-16-3-8-20-14/h1-3,8-10H,4-7H2. The number of aldehydes is 1. The molecule has 2 aromatic rings. The maximum absolute atomic E-state index is 13.2. The van der Waals surface area contributed by atoms with E-state index < -0.39 is 0 Å². The van der Waals surface area contributed by atoms with Crippen molar-refractivity contribution in [2.75, 3.05) is 36.0 Å². The van der Waals surface area contributed by atoms with Gasteiger partial charge in [-0.15, -0.1) is 11.3 Å². The Kier molecular flexibility index (Phi) is 3.64. The van der Waals surface area contributed by atoms with Gasteiger partial charge >= 0.3 is 0 Å². The molecule has 4 nitrogen and oxygen atoms in total. The third kappa shape index (κ3) is 2.51. The number of hydrogen-bond donors (Lipinski definition) is 0. The number of benzene rings is 1. The molecule has 0 radical (unpaired) electrons. The topological polar surface area (TPSA) is 36.4 Å². The highest BCUT2D eigenvalue weighted by atomic mass is 32.1. The molecule has 2 heterocycles. The van der Waals surface area contributed by atoms with E-state index in [9.17, 15) is 9.18 Å². The van der Waals surface area contributed by atoms with Crippen molar-refractivity contribution in [3.05, 3.63) is 41.2 Å². The van der Waals surface area contributed by atoms with Crippen LogP contribution < -0.4 is 9.80 Å². The number of aromatic nitrogens is 1. The van der Waals surface area contributed by atoms with E-state index in [0.717, 1.165) is 37.0 Å². The van der Waals surface area contributed by atoms with Gasteiger partial charge in [0, 0.05) is 49.0 Å². The first-order valence-electron chi connectivity index (χ1n) is 6.42. The number of halogens is 1. The van der Waals surface area contributed by atoms with Crippen molar-refractivity contribution in [3.8, 4) is 0 Å². The summed E-state index contributed by atoms with van der Waals surface area (Å²) in [5.74, 6) is -0.378. The first kappa shape index (κ1) is 13.1. The Bertz CT molecular complexity index is 594. The van der Waals surface area contributed by atoms with Crippen LogP contribution in [0.25, 0.3) is 0 Å². The van der Waals surface area contributed by atoms with Crippen molar-refractivity contribution in [1.29, 1.82) is 0 Å². The van der Waals surface area contributed by atoms with Gasteiger partial charge in [-0.05, 0) is 18.2 Å². The summed E-state index contributed by atoms with van der Waals surface area (Å²) in [4.78, 5) is 19.7. The van der Waals surface area contributed by atoms with E-state index in [-0.39, 0.29) is 5.82 Å². The molecule has 3 rings (SSSR count). The van der Waals surface area contributed by atoms with E-state index in [1.807, 2.05) is 5.38 Å². The Morgan fingerprint density at radius 3 is 2.60 bits per heavy atom. The molecule has 0 aliphatic carbocycles. The molecule has 0 N–H and O–H groups in total. The number of piperazine rings is 1. The predicted molar refractivity (Wildman–Crippen MR) is 78.3 cm³/mol.